The molecule has 0 atom stereocenters. The minimum absolute atomic E-state index is 0.0175. The van der Waals surface area contributed by atoms with Gasteiger partial charge in [0.15, 0.2) is 5.60 Å². The summed E-state index contributed by atoms with van der Waals surface area (Å²) in [6.07, 6.45) is -20.6. The van der Waals surface area contributed by atoms with Gasteiger partial charge in [0.25, 0.3) is 0 Å². The SMILES string of the molecule is OC(c1cc(C(F)(F)F)cc(C(F)(F)F)c1)(c1cc(C(F)(F)F)cc(C(F)(F)F)c1)c1ccc[nH]1. The second kappa shape index (κ2) is 8.21. The highest BCUT2D eigenvalue weighted by Crippen LogP contribution is 2.45. The van der Waals surface area contributed by atoms with Crippen LogP contribution in [0.3, 0.4) is 0 Å². The Kier molecular flexibility index (Phi) is 6.20. The fourth-order valence-corrected chi connectivity index (χ4v) is 3.36. The van der Waals surface area contributed by atoms with Crippen LogP contribution in [0.1, 0.15) is 39.1 Å². The van der Waals surface area contributed by atoms with Crippen LogP contribution in [0.15, 0.2) is 54.7 Å². The maximum atomic E-state index is 13.4. The van der Waals surface area contributed by atoms with E-state index in [1.165, 1.54) is 0 Å². The third kappa shape index (κ3) is 5.26. The van der Waals surface area contributed by atoms with Gasteiger partial charge in [-0.1, -0.05) is 0 Å². The predicted octanol–water partition coefficient (Wildman–Crippen LogP) is 7.37. The summed E-state index contributed by atoms with van der Waals surface area (Å²) in [7, 11) is 0. The number of hydrogen-bond acceptors (Lipinski definition) is 1. The lowest BCUT2D eigenvalue weighted by molar-refractivity contribution is -0.144. The van der Waals surface area contributed by atoms with Gasteiger partial charge in [-0.3, -0.25) is 0 Å². The van der Waals surface area contributed by atoms with Crippen LogP contribution in [0, 0.1) is 0 Å². The van der Waals surface area contributed by atoms with Crippen LogP contribution in [0.5, 0.6) is 0 Å². The van der Waals surface area contributed by atoms with E-state index in [0.717, 1.165) is 18.3 Å². The lowest BCUT2D eigenvalue weighted by Gasteiger charge is -2.31. The van der Waals surface area contributed by atoms with Crippen molar-refractivity contribution in [2.75, 3.05) is 0 Å². The number of nitrogens with one attached hydrogen (secondary N) is 1. The summed E-state index contributed by atoms with van der Waals surface area (Å²) in [5, 5.41) is 11.4. The van der Waals surface area contributed by atoms with Crippen molar-refractivity contribution in [3.63, 3.8) is 0 Å². The van der Waals surface area contributed by atoms with Crippen molar-refractivity contribution in [3.8, 4) is 0 Å². The molecule has 0 bridgehead atoms. The molecule has 0 aliphatic carbocycles. The second-order valence-corrected chi connectivity index (χ2v) is 7.38. The monoisotopic (exact) mass is 521 g/mol. The molecule has 2 aromatic carbocycles. The summed E-state index contributed by atoms with van der Waals surface area (Å²) in [5.41, 5.74) is -14.3. The van der Waals surface area contributed by atoms with Crippen LogP contribution in [0.4, 0.5) is 52.7 Å². The fraction of sp³-hybridized carbons (Fsp3) is 0.238. The molecule has 3 aromatic rings. The van der Waals surface area contributed by atoms with Crippen LogP contribution in [0.25, 0.3) is 0 Å². The standard InChI is InChI=1S/C21H11F12NO/c22-18(23,24)12-4-10(5-13(8-12)19(25,26)27)17(35,16-2-1-3-34-16)11-6-14(20(28,29)30)9-15(7-11)21(31,32)33/h1-9,34-35H. The Hall–Kier alpha value is -3.16. The van der Waals surface area contributed by atoms with Gasteiger partial charge in [-0.2, -0.15) is 52.7 Å². The Bertz CT molecular complexity index is 1060. The molecule has 1 aromatic heterocycles. The summed E-state index contributed by atoms with van der Waals surface area (Å²) in [6.45, 7) is 0. The molecule has 0 fully saturated rings. The number of benzene rings is 2. The van der Waals surface area contributed by atoms with Crippen LogP contribution >= 0.6 is 0 Å². The summed E-state index contributed by atoms with van der Waals surface area (Å²) in [4.78, 5) is 2.23. The van der Waals surface area contributed by atoms with Gasteiger partial charge in [0, 0.05) is 6.20 Å². The predicted molar refractivity (Wildman–Crippen MR) is 95.8 cm³/mol. The van der Waals surface area contributed by atoms with Gasteiger partial charge in [-0.05, 0) is 59.7 Å². The molecule has 2 nitrogen and oxygen atoms in total. The zero-order chi connectivity index (χ0) is 26.6. The summed E-state index contributed by atoms with van der Waals surface area (Å²) >= 11 is 0. The molecule has 0 spiro atoms. The average Bonchev–Trinajstić information content (AvgIpc) is 3.25. The van der Waals surface area contributed by atoms with Crippen LogP contribution in [0.2, 0.25) is 0 Å². The lowest BCUT2D eigenvalue weighted by Crippen LogP contribution is -2.31. The maximum absolute atomic E-state index is 13.4. The van der Waals surface area contributed by atoms with E-state index < -0.39 is 69.4 Å². The Balaban J connectivity index is 2.46. The van der Waals surface area contributed by atoms with Crippen molar-refractivity contribution in [1.82, 2.24) is 4.98 Å². The Morgan fingerprint density at radius 3 is 1.00 bits per heavy atom. The van der Waals surface area contributed by atoms with Gasteiger partial charge < -0.3 is 10.1 Å². The lowest BCUT2D eigenvalue weighted by atomic mass is 9.80. The summed E-state index contributed by atoms with van der Waals surface area (Å²) in [6, 6.07) is 1.43. The number of aromatic amines is 1. The minimum Gasteiger partial charge on any atom is -0.375 e. The normalized spacial score (nSPS) is 13.9. The molecule has 190 valence electrons. The molecule has 0 radical (unpaired) electrons. The highest BCUT2D eigenvalue weighted by molar-refractivity contribution is 5.50. The van der Waals surface area contributed by atoms with E-state index in [9.17, 15) is 57.8 Å². The van der Waals surface area contributed by atoms with Crippen LogP contribution in [-0.4, -0.2) is 10.1 Å². The minimum atomic E-state index is -5.41. The smallest absolute Gasteiger partial charge is 0.375 e. The quantitative estimate of drug-likeness (QED) is 0.347. The fourth-order valence-electron chi connectivity index (χ4n) is 3.36. The van der Waals surface area contributed by atoms with E-state index in [-0.39, 0.29) is 36.4 Å². The molecule has 14 heteroatoms. The molecule has 1 heterocycles. The number of hydrogen-bond donors (Lipinski definition) is 2. The zero-order valence-electron chi connectivity index (χ0n) is 16.7. The second-order valence-electron chi connectivity index (χ2n) is 7.38. The number of halogens is 12. The maximum Gasteiger partial charge on any atom is 0.416 e. The van der Waals surface area contributed by atoms with E-state index in [1.807, 2.05) is 0 Å². The van der Waals surface area contributed by atoms with E-state index in [1.54, 1.807) is 0 Å². The molecule has 0 amide bonds. The van der Waals surface area contributed by atoms with Gasteiger partial charge in [0.2, 0.25) is 0 Å². The first-order chi connectivity index (χ1) is 15.7. The number of aliphatic hydroxyl groups is 1. The first-order valence-corrected chi connectivity index (χ1v) is 9.20. The topological polar surface area (TPSA) is 36.0 Å². The third-order valence-corrected chi connectivity index (χ3v) is 5.00. The highest BCUT2D eigenvalue weighted by atomic mass is 19.4. The van der Waals surface area contributed by atoms with Crippen LogP contribution < -0.4 is 0 Å². The molecular formula is C21H11F12NO. The zero-order valence-corrected chi connectivity index (χ0v) is 16.7. The number of rotatable bonds is 3. The number of H-pyrrole nitrogens is 1. The molecule has 0 aliphatic rings. The van der Waals surface area contributed by atoms with Gasteiger partial charge in [0.05, 0.1) is 27.9 Å². The Morgan fingerprint density at radius 1 is 0.486 bits per heavy atom. The molecule has 2 N–H and O–H groups in total. The first-order valence-electron chi connectivity index (χ1n) is 9.20. The van der Waals surface area contributed by atoms with E-state index in [0.29, 0.717) is 0 Å². The van der Waals surface area contributed by atoms with Crippen molar-refractivity contribution < 1.29 is 57.8 Å². The van der Waals surface area contributed by atoms with Gasteiger partial charge in [0.1, 0.15) is 0 Å². The van der Waals surface area contributed by atoms with Crippen LogP contribution in [-0.2, 0) is 30.3 Å². The molecule has 0 aliphatic heterocycles. The molecule has 0 unspecified atom stereocenters. The van der Waals surface area contributed by atoms with E-state index in [2.05, 4.69) is 4.98 Å². The van der Waals surface area contributed by atoms with Gasteiger partial charge in [-0.15, -0.1) is 0 Å². The van der Waals surface area contributed by atoms with Crippen molar-refractivity contribution in [3.05, 3.63) is 93.8 Å². The molecule has 3 rings (SSSR count). The van der Waals surface area contributed by atoms with Crippen molar-refractivity contribution in [1.29, 1.82) is 0 Å². The summed E-state index contributed by atoms with van der Waals surface area (Å²) in [5.74, 6) is 0. The van der Waals surface area contributed by atoms with E-state index >= 15 is 0 Å². The van der Waals surface area contributed by atoms with Gasteiger partial charge >= 0.3 is 24.7 Å². The Labute approximate surface area is 187 Å². The molecule has 35 heavy (non-hydrogen) atoms. The Morgan fingerprint density at radius 2 is 0.771 bits per heavy atom. The third-order valence-electron chi connectivity index (χ3n) is 5.00. The van der Waals surface area contributed by atoms with E-state index in [4.69, 9.17) is 0 Å². The first kappa shape index (κ1) is 26.4. The molecule has 0 saturated heterocycles. The van der Waals surface area contributed by atoms with Crippen molar-refractivity contribution in [2.45, 2.75) is 30.3 Å². The number of aromatic nitrogens is 1. The van der Waals surface area contributed by atoms with Crippen molar-refractivity contribution >= 4 is 0 Å². The average molecular weight is 521 g/mol. The molecule has 0 saturated carbocycles. The largest absolute Gasteiger partial charge is 0.416 e. The van der Waals surface area contributed by atoms with Crippen molar-refractivity contribution in [2.24, 2.45) is 0 Å². The van der Waals surface area contributed by atoms with Gasteiger partial charge in [-0.25, -0.2) is 0 Å². The molecular weight excluding hydrogens is 510 g/mol. The highest BCUT2D eigenvalue weighted by Gasteiger charge is 2.45. The summed E-state index contributed by atoms with van der Waals surface area (Å²) < 4.78 is 160. The number of alkyl halides is 12.